The number of hydrazine groups is 1. The highest BCUT2D eigenvalue weighted by Crippen LogP contribution is 2.15. The van der Waals surface area contributed by atoms with Crippen LogP contribution >= 0.6 is 0 Å². The van der Waals surface area contributed by atoms with E-state index in [2.05, 4.69) is 10.9 Å². The Morgan fingerprint density at radius 3 is 2.47 bits per heavy atom. The van der Waals surface area contributed by atoms with Crippen molar-refractivity contribution in [3.63, 3.8) is 0 Å². The SMILES string of the molecule is Cc1ccc(C)c(NNC(=O)OC(C)(C)C)c1. The molecule has 4 nitrogen and oxygen atoms in total. The molecule has 0 heterocycles. The zero-order valence-electron chi connectivity index (χ0n) is 11.0. The fourth-order valence-corrected chi connectivity index (χ4v) is 1.29. The van der Waals surface area contributed by atoms with E-state index in [1.807, 2.05) is 52.8 Å². The van der Waals surface area contributed by atoms with Crippen molar-refractivity contribution in [3.8, 4) is 0 Å². The van der Waals surface area contributed by atoms with E-state index in [1.54, 1.807) is 0 Å². The number of nitrogens with one attached hydrogen (secondary N) is 2. The third kappa shape index (κ3) is 4.76. The minimum atomic E-state index is -0.493. The maximum Gasteiger partial charge on any atom is 0.426 e. The number of benzene rings is 1. The molecule has 0 aliphatic heterocycles. The minimum absolute atomic E-state index is 0.488. The number of hydrogen-bond acceptors (Lipinski definition) is 3. The first kappa shape index (κ1) is 13.4. The van der Waals surface area contributed by atoms with Gasteiger partial charge in [0.2, 0.25) is 0 Å². The topological polar surface area (TPSA) is 50.4 Å². The highest BCUT2D eigenvalue weighted by Gasteiger charge is 2.15. The van der Waals surface area contributed by atoms with Gasteiger partial charge in [0.1, 0.15) is 5.60 Å². The summed E-state index contributed by atoms with van der Waals surface area (Å²) in [5.41, 5.74) is 7.93. The van der Waals surface area contributed by atoms with E-state index >= 15 is 0 Å². The molecule has 0 bridgehead atoms. The summed E-state index contributed by atoms with van der Waals surface area (Å²) in [7, 11) is 0. The van der Waals surface area contributed by atoms with E-state index in [-0.39, 0.29) is 0 Å². The lowest BCUT2D eigenvalue weighted by Crippen LogP contribution is -2.36. The molecule has 94 valence electrons. The summed E-state index contributed by atoms with van der Waals surface area (Å²) >= 11 is 0. The molecule has 1 rings (SSSR count). The van der Waals surface area contributed by atoms with Gasteiger partial charge in [-0.15, -0.1) is 0 Å². The summed E-state index contributed by atoms with van der Waals surface area (Å²) in [5.74, 6) is 0. The lowest BCUT2D eigenvalue weighted by Gasteiger charge is -2.20. The molecule has 1 amide bonds. The second kappa shape index (κ2) is 5.08. The largest absolute Gasteiger partial charge is 0.443 e. The van der Waals surface area contributed by atoms with Crippen LogP contribution in [0, 0.1) is 13.8 Å². The Hall–Kier alpha value is -1.71. The Morgan fingerprint density at radius 1 is 1.24 bits per heavy atom. The summed E-state index contributed by atoms with van der Waals surface area (Å²) < 4.78 is 5.12. The molecule has 1 aromatic rings. The molecule has 0 aromatic heterocycles. The van der Waals surface area contributed by atoms with Gasteiger partial charge < -0.3 is 4.74 Å². The normalized spacial score (nSPS) is 10.9. The van der Waals surface area contributed by atoms with Crippen molar-refractivity contribution in [2.75, 3.05) is 5.43 Å². The molecule has 0 fully saturated rings. The van der Waals surface area contributed by atoms with E-state index in [1.165, 1.54) is 0 Å². The molecule has 0 saturated heterocycles. The molecule has 0 saturated carbocycles. The van der Waals surface area contributed by atoms with Gasteiger partial charge >= 0.3 is 6.09 Å². The summed E-state index contributed by atoms with van der Waals surface area (Å²) in [6, 6.07) is 5.98. The van der Waals surface area contributed by atoms with Gasteiger partial charge in [0.15, 0.2) is 0 Å². The third-order valence-corrected chi connectivity index (χ3v) is 2.09. The number of amides is 1. The molecular formula is C13H20N2O2. The number of hydrogen-bond donors (Lipinski definition) is 2. The van der Waals surface area contributed by atoms with E-state index in [0.717, 1.165) is 16.8 Å². The van der Waals surface area contributed by atoms with Crippen molar-refractivity contribution in [2.24, 2.45) is 0 Å². The van der Waals surface area contributed by atoms with Crippen molar-refractivity contribution in [3.05, 3.63) is 29.3 Å². The van der Waals surface area contributed by atoms with Crippen molar-refractivity contribution < 1.29 is 9.53 Å². The molecule has 0 aliphatic rings. The molecular weight excluding hydrogens is 216 g/mol. The van der Waals surface area contributed by atoms with Crippen LogP contribution in [0.15, 0.2) is 18.2 Å². The lowest BCUT2D eigenvalue weighted by molar-refractivity contribution is 0.0541. The molecule has 4 heteroatoms. The first-order chi connectivity index (χ1) is 7.78. The standard InChI is InChI=1S/C13H20N2O2/c1-9-6-7-10(2)11(8-9)14-15-12(16)17-13(3,4)5/h6-8,14H,1-5H3,(H,15,16). The summed E-state index contributed by atoms with van der Waals surface area (Å²) in [6.45, 7) is 9.44. The Bertz CT molecular complexity index is 408. The van der Waals surface area contributed by atoms with Gasteiger partial charge in [-0.05, 0) is 51.8 Å². The highest BCUT2D eigenvalue weighted by atomic mass is 16.6. The molecule has 1 aromatic carbocycles. The molecule has 0 radical (unpaired) electrons. The summed E-state index contributed by atoms with van der Waals surface area (Å²) in [4.78, 5) is 11.4. The van der Waals surface area contributed by atoms with Gasteiger partial charge in [-0.3, -0.25) is 5.43 Å². The van der Waals surface area contributed by atoms with E-state index in [9.17, 15) is 4.79 Å². The van der Waals surface area contributed by atoms with Crippen molar-refractivity contribution in [1.82, 2.24) is 5.43 Å². The smallest absolute Gasteiger partial charge is 0.426 e. The summed E-state index contributed by atoms with van der Waals surface area (Å²) in [5, 5.41) is 0. The van der Waals surface area contributed by atoms with Crippen LogP contribution in [0.2, 0.25) is 0 Å². The van der Waals surface area contributed by atoms with Gasteiger partial charge in [0.05, 0.1) is 5.69 Å². The fraction of sp³-hybridized carbons (Fsp3) is 0.462. The number of carbonyl (C=O) groups is 1. The van der Waals surface area contributed by atoms with E-state index in [4.69, 9.17) is 4.74 Å². The van der Waals surface area contributed by atoms with Crippen LogP contribution < -0.4 is 10.9 Å². The number of anilines is 1. The van der Waals surface area contributed by atoms with Gasteiger partial charge in [-0.25, -0.2) is 10.2 Å². The molecule has 17 heavy (non-hydrogen) atoms. The van der Waals surface area contributed by atoms with Crippen LogP contribution in [0.4, 0.5) is 10.5 Å². The molecule has 0 unspecified atom stereocenters. The van der Waals surface area contributed by atoms with E-state index in [0.29, 0.717) is 0 Å². The fourth-order valence-electron chi connectivity index (χ4n) is 1.29. The molecule has 0 spiro atoms. The average molecular weight is 236 g/mol. The monoisotopic (exact) mass is 236 g/mol. The van der Waals surface area contributed by atoms with Gasteiger partial charge in [0.25, 0.3) is 0 Å². The van der Waals surface area contributed by atoms with Crippen LogP contribution in [0.25, 0.3) is 0 Å². The number of carbonyl (C=O) groups excluding carboxylic acids is 1. The second-order valence-corrected chi connectivity index (χ2v) is 5.07. The maximum atomic E-state index is 11.4. The number of ether oxygens (including phenoxy) is 1. The third-order valence-electron chi connectivity index (χ3n) is 2.09. The predicted molar refractivity (Wildman–Crippen MR) is 68.9 cm³/mol. The zero-order valence-corrected chi connectivity index (χ0v) is 11.0. The van der Waals surface area contributed by atoms with Gasteiger partial charge in [-0.2, -0.15) is 0 Å². The molecule has 2 N–H and O–H groups in total. The van der Waals surface area contributed by atoms with Crippen LogP contribution in [-0.2, 0) is 4.74 Å². The van der Waals surface area contributed by atoms with Crippen molar-refractivity contribution in [2.45, 2.75) is 40.2 Å². The Balaban J connectivity index is 2.56. The Labute approximate surface area is 102 Å². The van der Waals surface area contributed by atoms with Crippen LogP contribution in [0.1, 0.15) is 31.9 Å². The minimum Gasteiger partial charge on any atom is -0.443 e. The quantitative estimate of drug-likeness (QED) is 0.775. The van der Waals surface area contributed by atoms with Crippen molar-refractivity contribution >= 4 is 11.8 Å². The highest BCUT2D eigenvalue weighted by molar-refractivity contribution is 5.70. The number of aryl methyl sites for hydroxylation is 2. The van der Waals surface area contributed by atoms with Crippen LogP contribution in [0.5, 0.6) is 0 Å². The predicted octanol–water partition coefficient (Wildman–Crippen LogP) is 3.16. The molecule has 0 aliphatic carbocycles. The first-order valence-corrected chi connectivity index (χ1v) is 5.60. The molecule has 0 atom stereocenters. The Morgan fingerprint density at radius 2 is 1.88 bits per heavy atom. The second-order valence-electron chi connectivity index (χ2n) is 5.07. The number of rotatable bonds is 2. The average Bonchev–Trinajstić information content (AvgIpc) is 2.17. The Kier molecular flexibility index (Phi) is 3.99. The lowest BCUT2D eigenvalue weighted by atomic mass is 10.1. The van der Waals surface area contributed by atoms with Crippen LogP contribution in [-0.4, -0.2) is 11.7 Å². The maximum absolute atomic E-state index is 11.4. The van der Waals surface area contributed by atoms with Gasteiger partial charge in [0, 0.05) is 0 Å². The van der Waals surface area contributed by atoms with E-state index < -0.39 is 11.7 Å². The summed E-state index contributed by atoms with van der Waals surface area (Å²) in [6.07, 6.45) is -0.488. The first-order valence-electron chi connectivity index (χ1n) is 5.60. The van der Waals surface area contributed by atoms with Crippen molar-refractivity contribution in [1.29, 1.82) is 0 Å². The van der Waals surface area contributed by atoms with Crippen LogP contribution in [0.3, 0.4) is 0 Å². The van der Waals surface area contributed by atoms with Gasteiger partial charge in [-0.1, -0.05) is 12.1 Å². The zero-order chi connectivity index (χ0) is 13.1.